The fourth-order valence-corrected chi connectivity index (χ4v) is 10.6. The third-order valence-electron chi connectivity index (χ3n) is 10.6. The Bertz CT molecular complexity index is 1460. The predicted octanol–water partition coefficient (Wildman–Crippen LogP) is 5.68. The van der Waals surface area contributed by atoms with Crippen LogP contribution in [0.2, 0.25) is 10.0 Å². The molecule has 214 valence electrons. The molecule has 2 aromatic carbocycles. The molecule has 0 radical (unpaired) electrons. The van der Waals surface area contributed by atoms with Crippen LogP contribution in [0.1, 0.15) is 56.6 Å². The van der Waals surface area contributed by atoms with Crippen LogP contribution in [0.4, 0.5) is 4.79 Å². The Morgan fingerprint density at radius 2 is 1.85 bits per heavy atom. The van der Waals surface area contributed by atoms with Gasteiger partial charge >= 0.3 is 6.09 Å². The lowest BCUT2D eigenvalue weighted by Gasteiger charge is -2.49. The molecular weight excluding hydrogens is 569 g/mol. The quantitative estimate of drug-likeness (QED) is 0.420. The highest BCUT2D eigenvalue weighted by Gasteiger charge is 2.75. The number of carbonyl (C=O) groups excluding carboxylic acids is 1. The molecule has 4 fully saturated rings. The number of amides is 1. The average Bonchev–Trinajstić information content (AvgIpc) is 3.20. The van der Waals surface area contributed by atoms with Gasteiger partial charge in [-0.2, -0.15) is 4.31 Å². The van der Waals surface area contributed by atoms with Gasteiger partial charge < -0.3 is 9.64 Å². The van der Waals surface area contributed by atoms with Crippen molar-refractivity contribution in [3.05, 3.63) is 63.6 Å². The summed E-state index contributed by atoms with van der Waals surface area (Å²) in [5.41, 5.74) is 2.13. The van der Waals surface area contributed by atoms with E-state index in [1.54, 1.807) is 16.4 Å². The van der Waals surface area contributed by atoms with E-state index in [9.17, 15) is 13.2 Å². The summed E-state index contributed by atoms with van der Waals surface area (Å²) in [6.45, 7) is 4.94. The fraction of sp³-hybridized carbons (Fsp3) is 0.567. The summed E-state index contributed by atoms with van der Waals surface area (Å²) in [4.78, 5) is 17.5. The van der Waals surface area contributed by atoms with Crippen molar-refractivity contribution in [3.63, 3.8) is 0 Å². The average molecular weight is 605 g/mol. The summed E-state index contributed by atoms with van der Waals surface area (Å²) in [5, 5.41) is 0.579. The van der Waals surface area contributed by atoms with Crippen LogP contribution in [0, 0.1) is 5.92 Å². The Labute approximate surface area is 246 Å². The minimum absolute atomic E-state index is 0.00816. The number of hydrogen-bond donors (Lipinski definition) is 0. The molecule has 2 spiro atoms. The maximum absolute atomic E-state index is 13.8. The van der Waals surface area contributed by atoms with Gasteiger partial charge in [0.2, 0.25) is 10.0 Å². The first-order valence-corrected chi connectivity index (χ1v) is 16.6. The number of ether oxygens (including phenoxy) is 1. The number of sulfonamides is 1. The Morgan fingerprint density at radius 3 is 2.60 bits per heavy atom. The summed E-state index contributed by atoms with van der Waals surface area (Å²) in [6.07, 6.45) is 6.12. The van der Waals surface area contributed by atoms with E-state index in [1.165, 1.54) is 18.1 Å². The number of carbonyl (C=O) groups is 1. The number of hydrogen-bond acceptors (Lipinski definition) is 5. The molecule has 0 aromatic heterocycles. The van der Waals surface area contributed by atoms with Crippen molar-refractivity contribution in [2.24, 2.45) is 5.92 Å². The van der Waals surface area contributed by atoms with Crippen LogP contribution in [0.5, 0.6) is 0 Å². The predicted molar refractivity (Wildman–Crippen MR) is 154 cm³/mol. The van der Waals surface area contributed by atoms with Gasteiger partial charge in [0.1, 0.15) is 0 Å². The van der Waals surface area contributed by atoms with E-state index in [2.05, 4.69) is 23.1 Å². The highest BCUT2D eigenvalue weighted by atomic mass is 35.5. The molecule has 7 nitrogen and oxygen atoms in total. The Hall–Kier alpha value is -1.84. The Balaban J connectivity index is 1.11. The van der Waals surface area contributed by atoms with Crippen LogP contribution in [0.25, 0.3) is 0 Å². The minimum atomic E-state index is -3.75. The maximum atomic E-state index is 13.8. The van der Waals surface area contributed by atoms with E-state index in [1.807, 2.05) is 17.9 Å². The summed E-state index contributed by atoms with van der Waals surface area (Å²) in [7, 11) is -3.75. The van der Waals surface area contributed by atoms with E-state index in [0.29, 0.717) is 42.7 Å². The summed E-state index contributed by atoms with van der Waals surface area (Å²) in [6, 6.07) is 13.7. The van der Waals surface area contributed by atoms with E-state index in [4.69, 9.17) is 27.9 Å². The van der Waals surface area contributed by atoms with Crippen molar-refractivity contribution >= 4 is 39.3 Å². The van der Waals surface area contributed by atoms with Gasteiger partial charge in [-0.3, -0.25) is 4.90 Å². The SMILES string of the molecule is CCOC(=O)N1C2CCC3CC(N4CCC5(CC4)CN(S(=O)(=O)c4ccc(Cl)c(Cl)c4)Cc4ccccc45)C[C@@]321. The van der Waals surface area contributed by atoms with Crippen molar-refractivity contribution < 1.29 is 17.9 Å². The number of benzene rings is 2. The van der Waals surface area contributed by atoms with Crippen LogP contribution in [-0.4, -0.2) is 72.5 Å². The van der Waals surface area contributed by atoms with Gasteiger partial charge in [0.25, 0.3) is 0 Å². The van der Waals surface area contributed by atoms with Crippen molar-refractivity contribution in [1.29, 1.82) is 0 Å². The number of halogens is 2. The Morgan fingerprint density at radius 1 is 1.07 bits per heavy atom. The molecule has 40 heavy (non-hydrogen) atoms. The summed E-state index contributed by atoms with van der Waals surface area (Å²) < 4.78 is 34.6. The zero-order valence-electron chi connectivity index (χ0n) is 22.7. The second-order valence-electron chi connectivity index (χ2n) is 12.3. The number of rotatable bonds is 4. The zero-order chi connectivity index (χ0) is 27.9. The molecule has 3 unspecified atom stereocenters. The van der Waals surface area contributed by atoms with E-state index < -0.39 is 10.0 Å². The highest BCUT2D eigenvalue weighted by molar-refractivity contribution is 7.89. The van der Waals surface area contributed by atoms with Crippen LogP contribution < -0.4 is 0 Å². The first kappa shape index (κ1) is 27.0. The van der Waals surface area contributed by atoms with E-state index in [0.717, 1.165) is 50.8 Å². The molecule has 10 heteroatoms. The van der Waals surface area contributed by atoms with Gasteiger partial charge in [-0.1, -0.05) is 47.5 Å². The fourth-order valence-electron chi connectivity index (χ4n) is 8.69. The topological polar surface area (TPSA) is 69.9 Å². The molecule has 2 aromatic rings. The molecular formula is C30H35Cl2N3O4S. The van der Waals surface area contributed by atoms with Crippen molar-refractivity contribution in [2.45, 2.75) is 79.9 Å². The first-order valence-electron chi connectivity index (χ1n) is 14.4. The number of likely N-dealkylation sites (tertiary alicyclic amines) is 2. The number of nitrogens with zero attached hydrogens (tertiary/aromatic N) is 3. The molecule has 2 saturated carbocycles. The maximum Gasteiger partial charge on any atom is 0.410 e. The lowest BCUT2D eigenvalue weighted by Crippen LogP contribution is -2.54. The molecule has 7 rings (SSSR count). The molecule has 4 atom stereocenters. The third-order valence-corrected chi connectivity index (χ3v) is 13.1. The molecule has 3 aliphatic heterocycles. The van der Waals surface area contributed by atoms with Gasteiger partial charge in [-0.05, 0) is 93.8 Å². The molecule has 1 amide bonds. The standard InChI is InChI=1S/C30H35Cl2N3O4S/c1-2-39-28(36)35-27-10-7-21-15-22(17-30(21,27)35)33-13-11-29(12-14-33)19-34(18-20-5-3-4-6-24(20)29)40(37,38)23-8-9-25(31)26(32)16-23/h3-6,8-9,16,21-22,27H,2,7,10-15,17-19H2,1H3/t21?,22?,27?,30-,35?/m1/s1. The lowest BCUT2D eigenvalue weighted by atomic mass is 9.69. The van der Waals surface area contributed by atoms with Gasteiger partial charge in [-0.15, -0.1) is 0 Å². The largest absolute Gasteiger partial charge is 0.450 e. The van der Waals surface area contributed by atoms with Gasteiger partial charge in [0.05, 0.1) is 33.1 Å². The van der Waals surface area contributed by atoms with Crippen LogP contribution in [0.15, 0.2) is 47.4 Å². The number of fused-ring (bicyclic) bond motifs is 2. The van der Waals surface area contributed by atoms with E-state index >= 15 is 0 Å². The van der Waals surface area contributed by atoms with Gasteiger partial charge in [-0.25, -0.2) is 13.2 Å². The zero-order valence-corrected chi connectivity index (χ0v) is 25.0. The lowest BCUT2D eigenvalue weighted by molar-refractivity contribution is 0.0936. The van der Waals surface area contributed by atoms with Crippen LogP contribution in [-0.2, 0) is 26.7 Å². The highest BCUT2D eigenvalue weighted by Crippen LogP contribution is 2.65. The normalized spacial score (nSPS) is 31.1. The van der Waals surface area contributed by atoms with Gasteiger partial charge in [0.15, 0.2) is 0 Å². The summed E-state index contributed by atoms with van der Waals surface area (Å²) in [5.74, 6) is 0.560. The van der Waals surface area contributed by atoms with Crippen molar-refractivity contribution in [2.75, 3.05) is 26.2 Å². The van der Waals surface area contributed by atoms with E-state index in [-0.39, 0.29) is 27.0 Å². The molecule has 0 bridgehead atoms. The Kier molecular flexibility index (Phi) is 6.48. The second kappa shape index (κ2) is 9.60. The van der Waals surface area contributed by atoms with Crippen LogP contribution >= 0.6 is 23.2 Å². The number of piperidine rings is 2. The smallest absolute Gasteiger partial charge is 0.410 e. The van der Waals surface area contributed by atoms with Crippen molar-refractivity contribution in [3.8, 4) is 0 Å². The second-order valence-corrected chi connectivity index (χ2v) is 15.0. The molecule has 3 heterocycles. The summed E-state index contributed by atoms with van der Waals surface area (Å²) >= 11 is 12.3. The molecule has 2 saturated heterocycles. The molecule has 5 aliphatic rings. The third kappa shape index (κ3) is 3.97. The van der Waals surface area contributed by atoms with Gasteiger partial charge in [0, 0.05) is 24.5 Å². The monoisotopic (exact) mass is 603 g/mol. The first-order chi connectivity index (χ1) is 19.2. The van der Waals surface area contributed by atoms with Crippen LogP contribution in [0.3, 0.4) is 0 Å². The van der Waals surface area contributed by atoms with Crippen molar-refractivity contribution in [1.82, 2.24) is 14.1 Å². The minimum Gasteiger partial charge on any atom is -0.450 e. The molecule has 2 aliphatic carbocycles. The molecule has 0 N–H and O–H groups in total.